The minimum absolute atomic E-state index is 0.144. The zero-order valence-electron chi connectivity index (χ0n) is 16.1. The van der Waals surface area contributed by atoms with Crippen LogP contribution in [0.2, 0.25) is 0 Å². The molecule has 2 aromatic carbocycles. The van der Waals surface area contributed by atoms with Crippen LogP contribution in [0.5, 0.6) is 0 Å². The van der Waals surface area contributed by atoms with Crippen molar-refractivity contribution < 1.29 is 4.79 Å². The monoisotopic (exact) mass is 468 g/mol. The van der Waals surface area contributed by atoms with Gasteiger partial charge in [-0.05, 0) is 40.4 Å². The molecule has 0 aliphatic carbocycles. The first-order valence-electron chi connectivity index (χ1n) is 9.64. The van der Waals surface area contributed by atoms with E-state index in [4.69, 9.17) is 4.98 Å². The Labute approximate surface area is 181 Å². The highest BCUT2D eigenvalue weighted by atomic mass is 79.9. The number of aromatic nitrogens is 3. The molecule has 29 heavy (non-hydrogen) atoms. The molecule has 148 valence electrons. The van der Waals surface area contributed by atoms with Crippen molar-refractivity contribution in [1.82, 2.24) is 19.4 Å². The Kier molecular flexibility index (Phi) is 4.87. The first-order valence-corrected chi connectivity index (χ1v) is 11.8. The van der Waals surface area contributed by atoms with Crippen molar-refractivity contribution in [1.29, 1.82) is 0 Å². The first-order chi connectivity index (χ1) is 14.2. The van der Waals surface area contributed by atoms with E-state index in [9.17, 15) is 4.79 Å². The van der Waals surface area contributed by atoms with Gasteiger partial charge in [-0.25, -0.2) is 4.98 Å². The molecule has 1 aliphatic rings. The highest BCUT2D eigenvalue weighted by Crippen LogP contribution is 2.32. The molecular weight excluding hydrogens is 448 g/mol. The molecular formula is C22H21BrN4OS. The van der Waals surface area contributed by atoms with E-state index in [1.54, 1.807) is 11.8 Å². The lowest BCUT2D eigenvalue weighted by atomic mass is 10.0. The molecule has 7 heteroatoms. The molecule has 5 rings (SSSR count). The zero-order chi connectivity index (χ0) is 20.0. The normalized spacial score (nSPS) is 13.9. The lowest BCUT2D eigenvalue weighted by molar-refractivity contribution is -0.132. The van der Waals surface area contributed by atoms with Crippen LogP contribution in [0.1, 0.15) is 17.1 Å². The SMILES string of the molecule is CSCc1nc2ccccc2n1CC(=O)N1CCc2[nH]c3c(Br)cccc3c2C1. The van der Waals surface area contributed by atoms with Crippen molar-refractivity contribution >= 4 is 55.5 Å². The first kappa shape index (κ1) is 18.8. The number of hydrogen-bond acceptors (Lipinski definition) is 3. The molecule has 0 saturated heterocycles. The average molecular weight is 469 g/mol. The maximum Gasteiger partial charge on any atom is 0.242 e. The number of hydrogen-bond donors (Lipinski definition) is 1. The van der Waals surface area contributed by atoms with E-state index in [0.717, 1.165) is 45.6 Å². The number of carbonyl (C=O) groups is 1. The quantitative estimate of drug-likeness (QED) is 0.470. The Morgan fingerprint density at radius 2 is 2.10 bits per heavy atom. The molecule has 5 nitrogen and oxygen atoms in total. The Hall–Kier alpha value is -2.25. The number of H-pyrrole nitrogens is 1. The summed E-state index contributed by atoms with van der Waals surface area (Å²) in [5.74, 6) is 1.90. The van der Waals surface area contributed by atoms with Crippen molar-refractivity contribution in [2.45, 2.75) is 25.3 Å². The molecule has 1 N–H and O–H groups in total. The van der Waals surface area contributed by atoms with Gasteiger partial charge in [0, 0.05) is 40.6 Å². The number of nitrogens with one attached hydrogen (secondary N) is 1. The van der Waals surface area contributed by atoms with Gasteiger partial charge < -0.3 is 14.5 Å². The average Bonchev–Trinajstić information content (AvgIpc) is 3.27. The summed E-state index contributed by atoms with van der Waals surface area (Å²) in [6, 6.07) is 14.3. The fraction of sp³-hybridized carbons (Fsp3) is 0.273. The number of thioether (sulfide) groups is 1. The summed E-state index contributed by atoms with van der Waals surface area (Å²) in [5.41, 5.74) is 5.58. The summed E-state index contributed by atoms with van der Waals surface area (Å²) in [6.45, 7) is 1.72. The van der Waals surface area contributed by atoms with Crippen LogP contribution in [0.3, 0.4) is 0 Å². The molecule has 0 unspecified atom stereocenters. The molecule has 1 amide bonds. The molecule has 0 spiro atoms. The minimum atomic E-state index is 0.144. The summed E-state index contributed by atoms with van der Waals surface area (Å²) in [4.78, 5) is 23.5. The second-order valence-electron chi connectivity index (χ2n) is 7.35. The predicted octanol–water partition coefficient (Wildman–Crippen LogP) is 4.73. The number of carbonyl (C=O) groups excluding carboxylic acids is 1. The number of aromatic amines is 1. The second kappa shape index (κ2) is 7.54. The van der Waals surface area contributed by atoms with E-state index in [-0.39, 0.29) is 5.91 Å². The summed E-state index contributed by atoms with van der Waals surface area (Å²) < 4.78 is 3.14. The van der Waals surface area contributed by atoms with Crippen molar-refractivity contribution in [2.75, 3.05) is 12.8 Å². The number of halogens is 1. The Bertz CT molecular complexity index is 1230. The van der Waals surface area contributed by atoms with Gasteiger partial charge in [0.2, 0.25) is 5.91 Å². The molecule has 0 fully saturated rings. The van der Waals surface area contributed by atoms with Crippen LogP contribution < -0.4 is 0 Å². The van der Waals surface area contributed by atoms with Gasteiger partial charge in [-0.1, -0.05) is 24.3 Å². The van der Waals surface area contributed by atoms with Gasteiger partial charge in [0.25, 0.3) is 0 Å². The third-order valence-corrected chi connectivity index (χ3v) is 6.82. The number of fused-ring (bicyclic) bond motifs is 4. The second-order valence-corrected chi connectivity index (χ2v) is 9.07. The molecule has 4 aromatic rings. The van der Waals surface area contributed by atoms with E-state index >= 15 is 0 Å². The van der Waals surface area contributed by atoms with Crippen molar-refractivity contribution in [3.63, 3.8) is 0 Å². The fourth-order valence-corrected chi connectivity index (χ4v) is 5.14. The van der Waals surface area contributed by atoms with Crippen LogP contribution in [-0.2, 0) is 30.1 Å². The molecule has 1 aliphatic heterocycles. The number of rotatable bonds is 4. The van der Waals surface area contributed by atoms with Gasteiger partial charge in [0.15, 0.2) is 0 Å². The summed E-state index contributed by atoms with van der Waals surface area (Å²) in [6.07, 6.45) is 2.91. The van der Waals surface area contributed by atoms with Crippen LogP contribution in [0.25, 0.3) is 21.9 Å². The molecule has 3 heterocycles. The van der Waals surface area contributed by atoms with Gasteiger partial charge in [0.1, 0.15) is 12.4 Å². The molecule has 0 bridgehead atoms. The number of amides is 1. The maximum atomic E-state index is 13.3. The standard InChI is InChI=1S/C22H21BrN4OS/c1-29-13-20-24-18-7-2-3-8-19(18)27(20)12-21(28)26-10-9-17-15(11-26)14-5-4-6-16(23)22(14)25-17/h2-8,25H,9-13H2,1H3. The molecule has 2 aromatic heterocycles. The smallest absolute Gasteiger partial charge is 0.242 e. The lowest BCUT2D eigenvalue weighted by Gasteiger charge is -2.28. The van der Waals surface area contributed by atoms with Gasteiger partial charge in [-0.15, -0.1) is 0 Å². The van der Waals surface area contributed by atoms with Crippen LogP contribution >= 0.6 is 27.7 Å². The van der Waals surface area contributed by atoms with Crippen LogP contribution in [0, 0.1) is 0 Å². The van der Waals surface area contributed by atoms with E-state index in [2.05, 4.69) is 37.8 Å². The number of benzene rings is 2. The Morgan fingerprint density at radius 3 is 2.97 bits per heavy atom. The topological polar surface area (TPSA) is 53.9 Å². The lowest BCUT2D eigenvalue weighted by Crippen LogP contribution is -2.38. The number of imidazole rings is 1. The van der Waals surface area contributed by atoms with Crippen molar-refractivity contribution in [3.8, 4) is 0 Å². The molecule has 0 saturated carbocycles. The third-order valence-electron chi connectivity index (χ3n) is 5.61. The predicted molar refractivity (Wildman–Crippen MR) is 122 cm³/mol. The minimum Gasteiger partial charge on any atom is -0.357 e. The van der Waals surface area contributed by atoms with Gasteiger partial charge >= 0.3 is 0 Å². The van der Waals surface area contributed by atoms with Crippen molar-refractivity contribution in [2.24, 2.45) is 0 Å². The largest absolute Gasteiger partial charge is 0.357 e. The highest BCUT2D eigenvalue weighted by Gasteiger charge is 2.25. The fourth-order valence-electron chi connectivity index (χ4n) is 4.19. The maximum absolute atomic E-state index is 13.3. The Balaban J connectivity index is 1.44. The van der Waals surface area contributed by atoms with E-state index in [1.807, 2.05) is 41.3 Å². The van der Waals surface area contributed by atoms with Gasteiger partial charge in [-0.3, -0.25) is 4.79 Å². The van der Waals surface area contributed by atoms with Crippen LogP contribution in [0.15, 0.2) is 46.9 Å². The van der Waals surface area contributed by atoms with Gasteiger partial charge in [-0.2, -0.15) is 11.8 Å². The molecule has 0 atom stereocenters. The third kappa shape index (κ3) is 3.26. The number of para-hydroxylation sites is 3. The van der Waals surface area contributed by atoms with E-state index < -0.39 is 0 Å². The Morgan fingerprint density at radius 1 is 1.24 bits per heavy atom. The van der Waals surface area contributed by atoms with Crippen LogP contribution in [0.4, 0.5) is 0 Å². The van der Waals surface area contributed by atoms with E-state index in [0.29, 0.717) is 13.1 Å². The van der Waals surface area contributed by atoms with Crippen LogP contribution in [-0.4, -0.2) is 38.1 Å². The summed E-state index contributed by atoms with van der Waals surface area (Å²) >= 11 is 5.35. The van der Waals surface area contributed by atoms with Crippen molar-refractivity contribution in [3.05, 3.63) is 64.0 Å². The summed E-state index contributed by atoms with van der Waals surface area (Å²) in [5, 5.41) is 1.20. The molecule has 0 radical (unpaired) electrons. The van der Waals surface area contributed by atoms with Gasteiger partial charge in [0.05, 0.1) is 22.3 Å². The highest BCUT2D eigenvalue weighted by molar-refractivity contribution is 9.10. The number of nitrogens with zero attached hydrogens (tertiary/aromatic N) is 3. The van der Waals surface area contributed by atoms with E-state index in [1.165, 1.54) is 16.6 Å². The zero-order valence-corrected chi connectivity index (χ0v) is 18.5. The summed E-state index contributed by atoms with van der Waals surface area (Å²) in [7, 11) is 0.